The largest absolute Gasteiger partial charge is 0.393 e. The van der Waals surface area contributed by atoms with Crippen LogP contribution in [0.1, 0.15) is 36.5 Å². The summed E-state index contributed by atoms with van der Waals surface area (Å²) in [5.41, 5.74) is 4.23. The summed E-state index contributed by atoms with van der Waals surface area (Å²) in [4.78, 5) is 0. The summed E-state index contributed by atoms with van der Waals surface area (Å²) in [5.74, 6) is 0. The lowest BCUT2D eigenvalue weighted by Crippen LogP contribution is -2.19. The molecule has 0 radical (unpaired) electrons. The molecule has 0 fully saturated rings. The van der Waals surface area contributed by atoms with Crippen LogP contribution in [0.4, 0.5) is 0 Å². The summed E-state index contributed by atoms with van der Waals surface area (Å²) in [6.45, 7) is 1.99. The Morgan fingerprint density at radius 1 is 1.29 bits per heavy atom. The number of aliphatic hydroxyl groups is 1. The summed E-state index contributed by atoms with van der Waals surface area (Å²) in [7, 11) is 1.69. The number of hydrogen-bond donors (Lipinski definition) is 1. The molecule has 0 aliphatic heterocycles. The van der Waals surface area contributed by atoms with Crippen LogP contribution in [-0.4, -0.2) is 24.4 Å². The van der Waals surface area contributed by atoms with Gasteiger partial charge in [0.1, 0.15) is 0 Å². The number of fused-ring (bicyclic) bond motifs is 1. The third-order valence-corrected chi connectivity index (χ3v) is 3.64. The van der Waals surface area contributed by atoms with E-state index < -0.39 is 0 Å². The molecule has 1 aliphatic rings. The monoisotopic (exact) mass is 234 g/mol. The molecule has 2 nitrogen and oxygen atoms in total. The molecule has 2 heteroatoms. The fourth-order valence-corrected chi connectivity index (χ4v) is 2.59. The van der Waals surface area contributed by atoms with Gasteiger partial charge in [0.05, 0.1) is 12.2 Å². The van der Waals surface area contributed by atoms with Gasteiger partial charge in [0.25, 0.3) is 0 Å². The zero-order valence-corrected chi connectivity index (χ0v) is 10.8. The Labute approximate surface area is 104 Å². The van der Waals surface area contributed by atoms with Crippen molar-refractivity contribution < 1.29 is 9.84 Å². The zero-order valence-electron chi connectivity index (χ0n) is 10.8. The second-order valence-corrected chi connectivity index (χ2v) is 5.10. The van der Waals surface area contributed by atoms with Crippen LogP contribution in [0.2, 0.25) is 0 Å². The van der Waals surface area contributed by atoms with Gasteiger partial charge < -0.3 is 9.84 Å². The molecule has 0 amide bonds. The SMILES string of the molecule is COC(C)CC(O)Cc1ccc2c(c1)CCC2. The first-order valence-corrected chi connectivity index (χ1v) is 6.50. The molecular formula is C15H22O2. The van der Waals surface area contributed by atoms with Crippen molar-refractivity contribution in [1.29, 1.82) is 0 Å². The van der Waals surface area contributed by atoms with Crippen LogP contribution >= 0.6 is 0 Å². The molecule has 0 saturated heterocycles. The summed E-state index contributed by atoms with van der Waals surface area (Å²) in [6, 6.07) is 6.65. The van der Waals surface area contributed by atoms with Crippen LogP contribution in [0.25, 0.3) is 0 Å². The summed E-state index contributed by atoms with van der Waals surface area (Å²) in [6.07, 6.45) is 4.97. The number of aliphatic hydroxyl groups excluding tert-OH is 1. The van der Waals surface area contributed by atoms with Gasteiger partial charge in [-0.25, -0.2) is 0 Å². The first-order chi connectivity index (χ1) is 8.19. The molecule has 0 spiro atoms. The molecule has 1 N–H and O–H groups in total. The quantitative estimate of drug-likeness (QED) is 0.848. The van der Waals surface area contributed by atoms with Crippen molar-refractivity contribution in [1.82, 2.24) is 0 Å². The molecule has 0 aromatic heterocycles. The van der Waals surface area contributed by atoms with Gasteiger partial charge in [0.2, 0.25) is 0 Å². The minimum absolute atomic E-state index is 0.124. The van der Waals surface area contributed by atoms with Crippen LogP contribution in [0.3, 0.4) is 0 Å². The second-order valence-electron chi connectivity index (χ2n) is 5.10. The van der Waals surface area contributed by atoms with Gasteiger partial charge >= 0.3 is 0 Å². The van der Waals surface area contributed by atoms with Crippen molar-refractivity contribution in [2.75, 3.05) is 7.11 Å². The second kappa shape index (κ2) is 5.65. The maximum Gasteiger partial charge on any atom is 0.0605 e. The fraction of sp³-hybridized carbons (Fsp3) is 0.600. The van der Waals surface area contributed by atoms with E-state index in [2.05, 4.69) is 18.2 Å². The fourth-order valence-electron chi connectivity index (χ4n) is 2.59. The van der Waals surface area contributed by atoms with Gasteiger partial charge in [0, 0.05) is 7.11 Å². The Bertz CT molecular complexity index is 373. The van der Waals surface area contributed by atoms with Crippen molar-refractivity contribution in [2.24, 2.45) is 0 Å². The number of methoxy groups -OCH3 is 1. The van der Waals surface area contributed by atoms with Gasteiger partial charge in [-0.05, 0) is 55.7 Å². The normalized spacial score (nSPS) is 17.8. The molecule has 0 heterocycles. The van der Waals surface area contributed by atoms with E-state index in [0.29, 0.717) is 6.42 Å². The maximum absolute atomic E-state index is 9.97. The Hall–Kier alpha value is -0.860. The molecular weight excluding hydrogens is 212 g/mol. The average Bonchev–Trinajstić information content (AvgIpc) is 2.75. The molecule has 1 aromatic rings. The lowest BCUT2D eigenvalue weighted by atomic mass is 10.00. The van der Waals surface area contributed by atoms with Crippen LogP contribution in [-0.2, 0) is 24.0 Å². The number of hydrogen-bond acceptors (Lipinski definition) is 2. The van der Waals surface area contributed by atoms with E-state index in [1.165, 1.54) is 36.0 Å². The molecule has 17 heavy (non-hydrogen) atoms. The highest BCUT2D eigenvalue weighted by Crippen LogP contribution is 2.23. The summed E-state index contributed by atoms with van der Waals surface area (Å²) < 4.78 is 5.17. The van der Waals surface area contributed by atoms with Gasteiger partial charge in [-0.1, -0.05) is 18.2 Å². The predicted molar refractivity (Wildman–Crippen MR) is 69.3 cm³/mol. The van der Waals surface area contributed by atoms with Crippen molar-refractivity contribution in [2.45, 2.75) is 51.2 Å². The van der Waals surface area contributed by atoms with Crippen molar-refractivity contribution >= 4 is 0 Å². The van der Waals surface area contributed by atoms with Crippen molar-refractivity contribution in [3.8, 4) is 0 Å². The first kappa shape index (κ1) is 12.6. The summed E-state index contributed by atoms with van der Waals surface area (Å²) in [5, 5.41) is 9.97. The first-order valence-electron chi connectivity index (χ1n) is 6.50. The molecule has 1 aromatic carbocycles. The number of aryl methyl sites for hydroxylation is 2. The molecule has 0 saturated carbocycles. The van der Waals surface area contributed by atoms with Crippen LogP contribution in [0, 0.1) is 0 Å². The third kappa shape index (κ3) is 3.30. The van der Waals surface area contributed by atoms with E-state index in [9.17, 15) is 5.11 Å². The molecule has 0 bridgehead atoms. The van der Waals surface area contributed by atoms with E-state index in [1.807, 2.05) is 6.92 Å². The summed E-state index contributed by atoms with van der Waals surface area (Å²) >= 11 is 0. The van der Waals surface area contributed by atoms with E-state index in [1.54, 1.807) is 7.11 Å². The number of benzene rings is 1. The molecule has 2 atom stereocenters. The zero-order chi connectivity index (χ0) is 12.3. The predicted octanol–water partition coefficient (Wildman–Crippen LogP) is 2.50. The van der Waals surface area contributed by atoms with Gasteiger partial charge in [0.15, 0.2) is 0 Å². The average molecular weight is 234 g/mol. The van der Waals surface area contributed by atoms with E-state index >= 15 is 0 Å². The molecule has 94 valence electrons. The smallest absolute Gasteiger partial charge is 0.0605 e. The van der Waals surface area contributed by atoms with Crippen LogP contribution < -0.4 is 0 Å². The lowest BCUT2D eigenvalue weighted by molar-refractivity contribution is 0.0565. The standard InChI is InChI=1S/C15H22O2/c1-11(17-2)8-15(16)10-12-6-7-13-4-3-5-14(13)9-12/h6-7,9,11,15-16H,3-5,8,10H2,1-2H3. The van der Waals surface area contributed by atoms with E-state index in [4.69, 9.17) is 4.74 Å². The number of rotatable bonds is 5. The Morgan fingerprint density at radius 2 is 2.06 bits per heavy atom. The van der Waals surface area contributed by atoms with E-state index in [0.717, 1.165) is 6.42 Å². The van der Waals surface area contributed by atoms with Crippen LogP contribution in [0.5, 0.6) is 0 Å². The van der Waals surface area contributed by atoms with E-state index in [-0.39, 0.29) is 12.2 Å². The minimum atomic E-state index is -0.301. The Kier molecular flexibility index (Phi) is 4.19. The van der Waals surface area contributed by atoms with Gasteiger partial charge in [-0.3, -0.25) is 0 Å². The highest BCUT2D eigenvalue weighted by atomic mass is 16.5. The van der Waals surface area contributed by atoms with Crippen molar-refractivity contribution in [3.05, 3.63) is 34.9 Å². The van der Waals surface area contributed by atoms with Gasteiger partial charge in [-0.2, -0.15) is 0 Å². The molecule has 2 rings (SSSR count). The number of ether oxygens (including phenoxy) is 1. The highest BCUT2D eigenvalue weighted by molar-refractivity contribution is 5.35. The Balaban J connectivity index is 1.94. The third-order valence-electron chi connectivity index (χ3n) is 3.64. The Morgan fingerprint density at radius 3 is 2.82 bits per heavy atom. The van der Waals surface area contributed by atoms with Crippen molar-refractivity contribution in [3.63, 3.8) is 0 Å². The highest BCUT2D eigenvalue weighted by Gasteiger charge is 2.14. The maximum atomic E-state index is 9.97. The minimum Gasteiger partial charge on any atom is -0.393 e. The molecule has 1 aliphatic carbocycles. The van der Waals surface area contributed by atoms with Crippen LogP contribution in [0.15, 0.2) is 18.2 Å². The topological polar surface area (TPSA) is 29.5 Å². The lowest BCUT2D eigenvalue weighted by Gasteiger charge is -2.15. The van der Waals surface area contributed by atoms with Gasteiger partial charge in [-0.15, -0.1) is 0 Å². The molecule has 2 unspecified atom stereocenters.